The number of hydrogen-bond donors (Lipinski definition) is 1. The Labute approximate surface area is 77.5 Å². The molecule has 0 heterocycles. The van der Waals surface area contributed by atoms with E-state index in [1.165, 1.54) is 32.1 Å². The summed E-state index contributed by atoms with van der Waals surface area (Å²) in [5.41, 5.74) is 6.02. The second kappa shape index (κ2) is 4.91. The molecule has 0 aromatic carbocycles. The van der Waals surface area contributed by atoms with Gasteiger partial charge in [0.1, 0.15) is 0 Å². The predicted molar refractivity (Wildman–Crippen MR) is 54.3 cm³/mol. The van der Waals surface area contributed by atoms with Crippen LogP contribution in [0.4, 0.5) is 0 Å². The van der Waals surface area contributed by atoms with Gasteiger partial charge in [0.2, 0.25) is 0 Å². The second-order valence-electron chi connectivity index (χ2n) is 4.26. The van der Waals surface area contributed by atoms with Crippen LogP contribution < -0.4 is 5.73 Å². The molecule has 0 bridgehead atoms. The van der Waals surface area contributed by atoms with Gasteiger partial charge in [0.15, 0.2) is 0 Å². The van der Waals surface area contributed by atoms with Crippen LogP contribution in [0.25, 0.3) is 0 Å². The molecule has 0 aromatic heterocycles. The van der Waals surface area contributed by atoms with Gasteiger partial charge in [-0.3, -0.25) is 0 Å². The third kappa shape index (κ3) is 3.18. The summed E-state index contributed by atoms with van der Waals surface area (Å²) in [5, 5.41) is 0. The summed E-state index contributed by atoms with van der Waals surface area (Å²) in [7, 11) is 5.92. The molecule has 0 amide bonds. The quantitative estimate of drug-likeness (QED) is 0.547. The molecule has 1 nitrogen and oxygen atoms in total. The van der Waals surface area contributed by atoms with E-state index in [4.69, 9.17) is 13.6 Å². The van der Waals surface area contributed by atoms with E-state index in [2.05, 4.69) is 6.92 Å². The van der Waals surface area contributed by atoms with Gasteiger partial charge in [0.25, 0.3) is 0 Å². The van der Waals surface area contributed by atoms with Gasteiger partial charge in [-0.05, 0) is 18.8 Å². The van der Waals surface area contributed by atoms with Gasteiger partial charge in [0.05, 0.1) is 7.85 Å². The topological polar surface area (TPSA) is 26.0 Å². The second-order valence-corrected chi connectivity index (χ2v) is 4.26. The van der Waals surface area contributed by atoms with Crippen molar-refractivity contribution in [3.05, 3.63) is 0 Å². The van der Waals surface area contributed by atoms with E-state index in [1.54, 1.807) is 0 Å². The molecular formula is C10H20BN. The van der Waals surface area contributed by atoms with E-state index in [1.807, 2.05) is 0 Å². The first-order valence-electron chi connectivity index (χ1n) is 5.21. The largest absolute Gasteiger partial charge is 0.327 e. The van der Waals surface area contributed by atoms with Crippen LogP contribution in [-0.4, -0.2) is 13.9 Å². The summed E-state index contributed by atoms with van der Waals surface area (Å²) in [6.07, 6.45) is 7.25. The van der Waals surface area contributed by atoms with Gasteiger partial charge in [-0.1, -0.05) is 38.4 Å². The van der Waals surface area contributed by atoms with Gasteiger partial charge in [-0.25, -0.2) is 0 Å². The van der Waals surface area contributed by atoms with Crippen molar-refractivity contribution in [3.8, 4) is 0 Å². The lowest BCUT2D eigenvalue weighted by molar-refractivity contribution is 0.399. The van der Waals surface area contributed by atoms with Crippen LogP contribution in [0.3, 0.4) is 0 Å². The van der Waals surface area contributed by atoms with Crippen LogP contribution in [0.1, 0.15) is 45.4 Å². The maximum atomic E-state index is 6.02. The molecule has 12 heavy (non-hydrogen) atoms. The smallest absolute Gasteiger partial charge is 0.0699 e. The van der Waals surface area contributed by atoms with E-state index < -0.39 is 0 Å². The van der Waals surface area contributed by atoms with E-state index in [9.17, 15) is 0 Å². The highest BCUT2D eigenvalue weighted by molar-refractivity contribution is 6.11. The fourth-order valence-electron chi connectivity index (χ4n) is 1.96. The summed E-state index contributed by atoms with van der Waals surface area (Å²) in [5.74, 6) is 1.12. The minimum Gasteiger partial charge on any atom is -0.327 e. The third-order valence-corrected chi connectivity index (χ3v) is 3.08. The van der Waals surface area contributed by atoms with E-state index in [0.717, 1.165) is 6.42 Å². The lowest BCUT2D eigenvalue weighted by Gasteiger charge is -2.17. The Morgan fingerprint density at radius 3 is 2.33 bits per heavy atom. The van der Waals surface area contributed by atoms with Crippen molar-refractivity contribution in [1.29, 1.82) is 0 Å². The summed E-state index contributed by atoms with van der Waals surface area (Å²) in [4.78, 5) is 0. The SMILES string of the molecule is [B]C1CCC[C@H](C)[C@@H](N)CCC1. The molecule has 2 N–H and O–H groups in total. The number of hydrogen-bond acceptors (Lipinski definition) is 1. The molecule has 0 saturated heterocycles. The van der Waals surface area contributed by atoms with Crippen molar-refractivity contribution in [3.63, 3.8) is 0 Å². The molecule has 1 saturated carbocycles. The average Bonchev–Trinajstić information content (AvgIpc) is 2.08. The van der Waals surface area contributed by atoms with Gasteiger partial charge < -0.3 is 5.73 Å². The molecule has 2 radical (unpaired) electrons. The summed E-state index contributed by atoms with van der Waals surface area (Å²) in [6, 6.07) is 0.412. The number of rotatable bonds is 0. The zero-order valence-corrected chi connectivity index (χ0v) is 8.13. The molecule has 0 aromatic rings. The van der Waals surface area contributed by atoms with E-state index >= 15 is 0 Å². The first kappa shape index (κ1) is 10.1. The van der Waals surface area contributed by atoms with E-state index in [0.29, 0.717) is 17.8 Å². The Balaban J connectivity index is 2.36. The maximum absolute atomic E-state index is 6.02. The minimum atomic E-state index is 0.412. The zero-order valence-electron chi connectivity index (χ0n) is 8.13. The average molecular weight is 165 g/mol. The summed E-state index contributed by atoms with van der Waals surface area (Å²) in [6.45, 7) is 2.27. The monoisotopic (exact) mass is 165 g/mol. The molecule has 1 aliphatic carbocycles. The van der Waals surface area contributed by atoms with Crippen molar-refractivity contribution in [2.24, 2.45) is 11.7 Å². The highest BCUT2D eigenvalue weighted by atomic mass is 14.6. The Kier molecular flexibility index (Phi) is 4.13. The number of nitrogens with two attached hydrogens (primary N) is 1. The van der Waals surface area contributed by atoms with Gasteiger partial charge in [-0.2, -0.15) is 0 Å². The molecule has 0 aliphatic heterocycles. The van der Waals surface area contributed by atoms with E-state index in [-0.39, 0.29) is 0 Å². The van der Waals surface area contributed by atoms with Crippen molar-refractivity contribution in [2.75, 3.05) is 0 Å². The molecule has 68 valence electrons. The fraction of sp³-hybridized carbons (Fsp3) is 1.00. The normalized spacial score (nSPS) is 39.7. The van der Waals surface area contributed by atoms with Crippen molar-refractivity contribution in [2.45, 2.75) is 57.3 Å². The van der Waals surface area contributed by atoms with Gasteiger partial charge in [-0.15, -0.1) is 0 Å². The predicted octanol–water partition coefficient (Wildman–Crippen LogP) is 2.26. The minimum absolute atomic E-state index is 0.412. The van der Waals surface area contributed by atoms with Crippen LogP contribution in [0.2, 0.25) is 5.82 Å². The standard InChI is InChI=1S/C10H20BN/c1-8-4-2-5-9(11)6-3-7-10(8)12/h8-10H,2-7,12H2,1H3/t8-,9?,10-/m0/s1. The van der Waals surface area contributed by atoms with Crippen LogP contribution in [0.15, 0.2) is 0 Å². The molecule has 0 spiro atoms. The lowest BCUT2D eigenvalue weighted by Crippen LogP contribution is -2.27. The molecule has 3 atom stereocenters. The lowest BCUT2D eigenvalue weighted by atomic mass is 9.80. The Bertz CT molecular complexity index is 113. The highest BCUT2D eigenvalue weighted by Gasteiger charge is 2.15. The van der Waals surface area contributed by atoms with Crippen molar-refractivity contribution < 1.29 is 0 Å². The van der Waals surface area contributed by atoms with Crippen LogP contribution in [0, 0.1) is 5.92 Å². The van der Waals surface area contributed by atoms with Crippen LogP contribution in [-0.2, 0) is 0 Å². The molecule has 1 rings (SSSR count). The van der Waals surface area contributed by atoms with Crippen molar-refractivity contribution >= 4 is 7.85 Å². The molecule has 1 aliphatic rings. The Morgan fingerprint density at radius 2 is 1.67 bits per heavy atom. The Hall–Kier alpha value is 0.0249. The first-order chi connectivity index (χ1) is 5.70. The van der Waals surface area contributed by atoms with Crippen molar-refractivity contribution in [1.82, 2.24) is 0 Å². The molecular weight excluding hydrogens is 145 g/mol. The summed E-state index contributed by atoms with van der Waals surface area (Å²) >= 11 is 0. The fourth-order valence-corrected chi connectivity index (χ4v) is 1.96. The van der Waals surface area contributed by atoms with Crippen LogP contribution >= 0.6 is 0 Å². The Morgan fingerprint density at radius 1 is 1.08 bits per heavy atom. The summed E-state index contributed by atoms with van der Waals surface area (Å²) < 4.78 is 0. The molecule has 1 unspecified atom stereocenters. The molecule has 2 heteroatoms. The first-order valence-corrected chi connectivity index (χ1v) is 5.21. The van der Waals surface area contributed by atoms with Gasteiger partial charge in [0, 0.05) is 6.04 Å². The molecule has 1 fully saturated rings. The highest BCUT2D eigenvalue weighted by Crippen LogP contribution is 2.25. The van der Waals surface area contributed by atoms with Gasteiger partial charge >= 0.3 is 0 Å². The maximum Gasteiger partial charge on any atom is 0.0699 e. The zero-order chi connectivity index (χ0) is 8.97. The third-order valence-electron chi connectivity index (χ3n) is 3.08. The van der Waals surface area contributed by atoms with Crippen LogP contribution in [0.5, 0.6) is 0 Å².